The highest BCUT2D eigenvalue weighted by molar-refractivity contribution is 5.96. The minimum Gasteiger partial charge on any atom is -0.468 e. The van der Waals surface area contributed by atoms with E-state index in [2.05, 4.69) is 5.16 Å². The number of rotatable bonds is 1. The predicted molar refractivity (Wildman–Crippen MR) is 99.0 cm³/mol. The van der Waals surface area contributed by atoms with E-state index in [1.54, 1.807) is 48.5 Å². The third kappa shape index (κ3) is 1.99. The van der Waals surface area contributed by atoms with Crippen LogP contribution in [-0.2, 0) is 0 Å². The zero-order valence-electron chi connectivity index (χ0n) is 13.9. The number of para-hydroxylation sites is 1. The molecule has 1 unspecified atom stereocenters. The van der Waals surface area contributed by atoms with Gasteiger partial charge in [0.1, 0.15) is 11.7 Å². The van der Waals surface area contributed by atoms with Crippen LogP contribution in [0.2, 0.25) is 0 Å². The van der Waals surface area contributed by atoms with Crippen LogP contribution < -0.4 is 11.1 Å². The van der Waals surface area contributed by atoms with E-state index in [0.717, 1.165) is 4.68 Å². The summed E-state index contributed by atoms with van der Waals surface area (Å²) >= 11 is 0. The van der Waals surface area contributed by atoms with Crippen molar-refractivity contribution in [2.75, 3.05) is 0 Å². The molecule has 0 amide bonds. The summed E-state index contributed by atoms with van der Waals surface area (Å²) in [6, 6.07) is 17.3. The van der Waals surface area contributed by atoms with E-state index in [4.69, 9.17) is 4.42 Å². The smallest absolute Gasteiger partial charge is 0.279 e. The Labute approximate surface area is 152 Å². The Morgan fingerprint density at radius 3 is 2.19 bits per heavy atom. The number of nitrogens with zero attached hydrogens (tertiary/aromatic N) is 3. The Bertz CT molecular complexity index is 1330. The van der Waals surface area contributed by atoms with Gasteiger partial charge in [0.15, 0.2) is 5.84 Å². The van der Waals surface area contributed by atoms with Gasteiger partial charge < -0.3 is 9.62 Å². The molecule has 1 aliphatic heterocycles. The molecule has 0 aliphatic carbocycles. The van der Waals surface area contributed by atoms with Crippen molar-refractivity contribution in [3.63, 3.8) is 0 Å². The molecule has 0 radical (unpaired) electrons. The summed E-state index contributed by atoms with van der Waals surface area (Å²) in [5.41, 5.74) is 0.442. The first kappa shape index (κ1) is 15.4. The SMILES string of the molecule is O=c1c2ccccc2c(=O)n2n1/C(=N/O)C(c1ccco1)c1ccccc1-2. The fraction of sp³-hybridized carbons (Fsp3) is 0.0500. The molecule has 0 bridgehead atoms. The first-order valence-corrected chi connectivity index (χ1v) is 8.34. The lowest BCUT2D eigenvalue weighted by Crippen LogP contribution is -2.47. The molecule has 2 aromatic carbocycles. The van der Waals surface area contributed by atoms with Crippen LogP contribution in [0, 0.1) is 0 Å². The van der Waals surface area contributed by atoms with Gasteiger partial charge in [0.2, 0.25) is 0 Å². The van der Waals surface area contributed by atoms with Crippen molar-refractivity contribution >= 4 is 16.6 Å². The summed E-state index contributed by atoms with van der Waals surface area (Å²) in [4.78, 5) is 26.4. The molecule has 7 heteroatoms. The third-order valence-corrected chi connectivity index (χ3v) is 4.85. The summed E-state index contributed by atoms with van der Waals surface area (Å²) in [5.74, 6) is -0.107. The standard InChI is InChI=1S/C20H13N3O4/c24-19-12-6-1-2-7-13(12)20(25)23-18(21-26)17(16-10-5-11-27-16)14-8-3-4-9-15(14)22(19)23/h1-11,17,26H/b21-18+. The molecule has 0 saturated carbocycles. The van der Waals surface area contributed by atoms with Crippen LogP contribution >= 0.6 is 0 Å². The minimum atomic E-state index is -0.625. The van der Waals surface area contributed by atoms with E-state index in [0.29, 0.717) is 22.4 Å². The highest BCUT2D eigenvalue weighted by Crippen LogP contribution is 2.34. The van der Waals surface area contributed by atoms with Gasteiger partial charge in [-0.3, -0.25) is 9.59 Å². The van der Waals surface area contributed by atoms with Crippen LogP contribution in [0.15, 0.2) is 86.1 Å². The topological polar surface area (TPSA) is 89.7 Å². The molecule has 0 spiro atoms. The molecule has 5 rings (SSSR count). The fourth-order valence-corrected chi connectivity index (χ4v) is 3.71. The highest BCUT2D eigenvalue weighted by Gasteiger charge is 2.36. The van der Waals surface area contributed by atoms with Crippen LogP contribution in [0.4, 0.5) is 0 Å². The maximum atomic E-state index is 13.2. The second-order valence-electron chi connectivity index (χ2n) is 6.24. The van der Waals surface area contributed by atoms with E-state index in [-0.39, 0.29) is 16.8 Å². The minimum absolute atomic E-state index is 0.0107. The van der Waals surface area contributed by atoms with Crippen molar-refractivity contribution < 1.29 is 9.62 Å². The van der Waals surface area contributed by atoms with E-state index in [1.165, 1.54) is 10.9 Å². The summed E-state index contributed by atoms with van der Waals surface area (Å²) in [7, 11) is 0. The van der Waals surface area contributed by atoms with E-state index in [9.17, 15) is 14.8 Å². The van der Waals surface area contributed by atoms with Gasteiger partial charge >= 0.3 is 0 Å². The second kappa shape index (κ2) is 5.57. The number of hydrogen-bond donors (Lipinski definition) is 1. The molecule has 1 N–H and O–H groups in total. The molecule has 0 fully saturated rings. The monoisotopic (exact) mass is 359 g/mol. The number of hydrogen-bond acceptors (Lipinski definition) is 5. The number of fused-ring (bicyclic) bond motifs is 4. The Morgan fingerprint density at radius 1 is 0.852 bits per heavy atom. The maximum Gasteiger partial charge on any atom is 0.279 e. The van der Waals surface area contributed by atoms with E-state index >= 15 is 0 Å². The van der Waals surface area contributed by atoms with Gasteiger partial charge in [-0.15, -0.1) is 0 Å². The van der Waals surface area contributed by atoms with Crippen LogP contribution in [0.3, 0.4) is 0 Å². The van der Waals surface area contributed by atoms with Crippen molar-refractivity contribution in [3.8, 4) is 5.69 Å². The van der Waals surface area contributed by atoms with Gasteiger partial charge in [0.25, 0.3) is 11.1 Å². The maximum absolute atomic E-state index is 13.2. The zero-order chi connectivity index (χ0) is 18.5. The van der Waals surface area contributed by atoms with Crippen LogP contribution in [0.1, 0.15) is 17.2 Å². The molecule has 1 atom stereocenters. The molecule has 0 saturated heterocycles. The summed E-state index contributed by atoms with van der Waals surface area (Å²) < 4.78 is 7.92. The van der Waals surface area contributed by atoms with Gasteiger partial charge in [0.05, 0.1) is 22.7 Å². The fourth-order valence-electron chi connectivity index (χ4n) is 3.71. The zero-order valence-corrected chi connectivity index (χ0v) is 13.9. The van der Waals surface area contributed by atoms with Gasteiger partial charge in [-0.1, -0.05) is 35.5 Å². The second-order valence-corrected chi connectivity index (χ2v) is 6.24. The van der Waals surface area contributed by atoms with E-state index < -0.39 is 11.5 Å². The lowest BCUT2D eigenvalue weighted by molar-refractivity contribution is 0.311. The third-order valence-electron chi connectivity index (χ3n) is 4.85. The van der Waals surface area contributed by atoms with E-state index in [1.807, 2.05) is 12.1 Å². The van der Waals surface area contributed by atoms with Gasteiger partial charge in [-0.2, -0.15) is 4.68 Å². The summed E-state index contributed by atoms with van der Waals surface area (Å²) in [5, 5.41) is 13.8. The number of furan rings is 1. The largest absolute Gasteiger partial charge is 0.468 e. The van der Waals surface area contributed by atoms with Crippen LogP contribution in [0.25, 0.3) is 16.5 Å². The average Bonchev–Trinajstić information content (AvgIpc) is 3.24. The molecular weight excluding hydrogens is 346 g/mol. The van der Waals surface area contributed by atoms with Gasteiger partial charge in [-0.05, 0) is 35.9 Å². The lowest BCUT2D eigenvalue weighted by Gasteiger charge is -2.29. The highest BCUT2D eigenvalue weighted by atomic mass is 16.4. The Morgan fingerprint density at radius 2 is 1.52 bits per heavy atom. The quantitative estimate of drug-likeness (QED) is 0.418. The lowest BCUT2D eigenvalue weighted by atomic mass is 9.91. The number of benzene rings is 2. The first-order chi connectivity index (χ1) is 13.2. The van der Waals surface area contributed by atoms with Crippen molar-refractivity contribution in [2.24, 2.45) is 5.16 Å². The Kier molecular flexibility index (Phi) is 3.17. The molecule has 2 aromatic heterocycles. The van der Waals surface area contributed by atoms with Crippen molar-refractivity contribution in [2.45, 2.75) is 5.92 Å². The van der Waals surface area contributed by atoms with Crippen molar-refractivity contribution in [3.05, 3.63) is 99.0 Å². The first-order valence-electron chi connectivity index (χ1n) is 8.34. The predicted octanol–water partition coefficient (Wildman–Crippen LogP) is 2.53. The summed E-state index contributed by atoms with van der Waals surface area (Å²) in [6.45, 7) is 0. The molecule has 1 aliphatic rings. The Hall–Kier alpha value is -3.87. The average molecular weight is 359 g/mol. The molecule has 132 valence electrons. The Balaban J connectivity index is 2.00. The molecular formula is C20H13N3O4. The molecule has 3 heterocycles. The van der Waals surface area contributed by atoms with Gasteiger partial charge in [-0.25, -0.2) is 4.68 Å². The van der Waals surface area contributed by atoms with Crippen LogP contribution in [0.5, 0.6) is 0 Å². The number of aromatic nitrogens is 2. The van der Waals surface area contributed by atoms with Gasteiger partial charge in [0, 0.05) is 0 Å². The van der Waals surface area contributed by atoms with Crippen molar-refractivity contribution in [1.82, 2.24) is 9.36 Å². The number of oxime groups is 1. The molecule has 7 nitrogen and oxygen atoms in total. The van der Waals surface area contributed by atoms with Crippen molar-refractivity contribution in [1.29, 1.82) is 0 Å². The molecule has 4 aromatic rings. The summed E-state index contributed by atoms with van der Waals surface area (Å²) in [6.07, 6.45) is 1.51. The normalized spacial score (nSPS) is 17.0. The molecule has 27 heavy (non-hydrogen) atoms. The van der Waals surface area contributed by atoms with Crippen LogP contribution in [-0.4, -0.2) is 20.4 Å².